The first-order chi connectivity index (χ1) is 20.1. The van der Waals surface area contributed by atoms with Gasteiger partial charge in [-0.25, -0.2) is 0 Å². The van der Waals surface area contributed by atoms with Crippen LogP contribution < -0.4 is 5.73 Å². The fourth-order valence-corrected chi connectivity index (χ4v) is 5.06. The maximum atomic E-state index is 11.8. The van der Waals surface area contributed by atoms with E-state index in [4.69, 9.17) is 5.73 Å². The highest BCUT2D eigenvalue weighted by molar-refractivity contribution is 7.86. The number of nitrogens with zero attached hydrogens (tertiary/aromatic N) is 6. The minimum Gasteiger partial charge on any atom is -0.399 e. The standard InChI is InChI=1S/C28H27N7O6S2/c1-16-14-27(19(4)13-23(16)29)35-31-21-5-8-24(17(2)11-21)32-30-20-6-9-25(18(3)12-20)33-34-26-10-7-22(42(36,37)38)15-28(26)43(39,40)41/h5-15H,29H2,1-4H3,(H,36,37,38)(H,39,40,41). The quantitative estimate of drug-likeness (QED) is 0.0995. The Morgan fingerprint density at radius 3 is 1.49 bits per heavy atom. The van der Waals surface area contributed by atoms with E-state index in [1.807, 2.05) is 39.0 Å². The van der Waals surface area contributed by atoms with Gasteiger partial charge in [0.25, 0.3) is 20.2 Å². The molecule has 0 saturated heterocycles. The molecule has 222 valence electrons. The molecule has 0 aromatic heterocycles. The third kappa shape index (κ3) is 7.78. The van der Waals surface area contributed by atoms with Gasteiger partial charge in [0.2, 0.25) is 0 Å². The molecule has 0 bridgehead atoms. The van der Waals surface area contributed by atoms with Crippen molar-refractivity contribution in [3.8, 4) is 0 Å². The van der Waals surface area contributed by atoms with Crippen LogP contribution >= 0.6 is 0 Å². The van der Waals surface area contributed by atoms with E-state index in [-0.39, 0.29) is 5.69 Å². The Hall–Kier alpha value is -4.70. The normalized spacial score (nSPS) is 12.6. The minimum atomic E-state index is -4.87. The smallest absolute Gasteiger partial charge is 0.296 e. The number of hydrogen-bond donors (Lipinski definition) is 3. The maximum absolute atomic E-state index is 11.8. The Bertz CT molecular complexity index is 2040. The lowest BCUT2D eigenvalue weighted by molar-refractivity contribution is 0.481. The second-order valence-electron chi connectivity index (χ2n) is 9.62. The molecule has 4 aromatic rings. The van der Waals surface area contributed by atoms with Crippen LogP contribution in [0.15, 0.2) is 107 Å². The summed E-state index contributed by atoms with van der Waals surface area (Å²) in [4.78, 5) is -1.55. The highest BCUT2D eigenvalue weighted by atomic mass is 32.2. The van der Waals surface area contributed by atoms with Crippen molar-refractivity contribution in [2.75, 3.05) is 5.73 Å². The SMILES string of the molecule is Cc1cc(N=Nc2ccc(N=Nc3ccc(N=Nc4ccc(S(=O)(=O)O)cc4S(=O)(=O)O)c(C)c3)c(C)c2)c(C)cc1N. The number of hydrogen-bond acceptors (Lipinski definition) is 11. The van der Waals surface area contributed by atoms with E-state index < -0.39 is 30.0 Å². The molecule has 0 aliphatic carbocycles. The Balaban J connectivity index is 1.51. The average Bonchev–Trinajstić information content (AvgIpc) is 2.92. The topological polar surface area (TPSA) is 209 Å². The number of benzene rings is 4. The van der Waals surface area contributed by atoms with Gasteiger partial charge in [-0.3, -0.25) is 9.11 Å². The highest BCUT2D eigenvalue weighted by Crippen LogP contribution is 2.33. The fraction of sp³-hybridized carbons (Fsp3) is 0.143. The summed E-state index contributed by atoms with van der Waals surface area (Å²) in [5.74, 6) is 0. The van der Waals surface area contributed by atoms with Gasteiger partial charge in [0.15, 0.2) is 0 Å². The molecule has 0 unspecified atom stereocenters. The van der Waals surface area contributed by atoms with Gasteiger partial charge in [0.1, 0.15) is 10.6 Å². The third-order valence-corrected chi connectivity index (χ3v) is 8.00. The molecule has 0 saturated carbocycles. The van der Waals surface area contributed by atoms with Gasteiger partial charge in [-0.15, -0.1) is 5.11 Å². The van der Waals surface area contributed by atoms with Crippen molar-refractivity contribution < 1.29 is 25.9 Å². The number of azo groups is 3. The fourth-order valence-electron chi connectivity index (χ4n) is 3.83. The number of nitrogens with two attached hydrogens (primary N) is 1. The predicted molar refractivity (Wildman–Crippen MR) is 161 cm³/mol. The summed E-state index contributed by atoms with van der Waals surface area (Å²) < 4.78 is 64.9. The van der Waals surface area contributed by atoms with E-state index in [1.54, 1.807) is 37.3 Å². The van der Waals surface area contributed by atoms with Crippen LogP contribution in [0.5, 0.6) is 0 Å². The van der Waals surface area contributed by atoms with Gasteiger partial charge >= 0.3 is 0 Å². The molecule has 0 aliphatic heterocycles. The first-order valence-corrected chi connectivity index (χ1v) is 15.4. The van der Waals surface area contributed by atoms with Crippen molar-refractivity contribution in [3.63, 3.8) is 0 Å². The zero-order valence-electron chi connectivity index (χ0n) is 23.5. The molecule has 13 nitrogen and oxygen atoms in total. The van der Waals surface area contributed by atoms with Crippen molar-refractivity contribution in [1.82, 2.24) is 0 Å². The number of anilines is 1. The molecule has 0 aliphatic rings. The van der Waals surface area contributed by atoms with Gasteiger partial charge in [-0.05, 0) is 117 Å². The molecule has 15 heteroatoms. The lowest BCUT2D eigenvalue weighted by atomic mass is 10.1. The number of rotatable bonds is 8. The highest BCUT2D eigenvalue weighted by Gasteiger charge is 2.20. The number of nitrogen functional groups attached to an aromatic ring is 1. The monoisotopic (exact) mass is 621 g/mol. The molecule has 4 rings (SSSR count). The van der Waals surface area contributed by atoms with Gasteiger partial charge in [-0.1, -0.05) is 0 Å². The second-order valence-corrected chi connectivity index (χ2v) is 12.4. The van der Waals surface area contributed by atoms with Crippen molar-refractivity contribution in [2.45, 2.75) is 37.5 Å². The molecule has 4 N–H and O–H groups in total. The molecule has 0 atom stereocenters. The van der Waals surface area contributed by atoms with E-state index >= 15 is 0 Å². The van der Waals surface area contributed by atoms with E-state index in [0.29, 0.717) is 40.1 Å². The average molecular weight is 622 g/mol. The predicted octanol–water partition coefficient (Wildman–Crippen LogP) is 8.24. The zero-order chi connectivity index (χ0) is 31.5. The van der Waals surface area contributed by atoms with Crippen LogP contribution in [0.25, 0.3) is 0 Å². The molecular weight excluding hydrogens is 594 g/mol. The van der Waals surface area contributed by atoms with Crippen LogP contribution in [0.2, 0.25) is 0 Å². The van der Waals surface area contributed by atoms with Crippen molar-refractivity contribution >= 4 is 60.0 Å². The van der Waals surface area contributed by atoms with Gasteiger partial charge in [0, 0.05) is 5.69 Å². The van der Waals surface area contributed by atoms with E-state index in [9.17, 15) is 25.9 Å². The molecule has 0 radical (unpaired) electrons. The van der Waals surface area contributed by atoms with Crippen molar-refractivity contribution in [3.05, 3.63) is 89.0 Å². The maximum Gasteiger partial charge on any atom is 0.296 e. The van der Waals surface area contributed by atoms with Crippen molar-refractivity contribution in [1.29, 1.82) is 0 Å². The molecular formula is C28H27N7O6S2. The molecule has 43 heavy (non-hydrogen) atoms. The lowest BCUT2D eigenvalue weighted by Gasteiger charge is -2.05. The van der Waals surface area contributed by atoms with Crippen LogP contribution in [0.1, 0.15) is 22.3 Å². The minimum absolute atomic E-state index is 0.324. The second kappa shape index (κ2) is 12.3. The summed E-state index contributed by atoms with van der Waals surface area (Å²) in [7, 11) is -9.58. The van der Waals surface area contributed by atoms with Crippen LogP contribution in [-0.2, 0) is 20.2 Å². The first kappa shape index (κ1) is 31.2. The van der Waals surface area contributed by atoms with Crippen LogP contribution in [0, 0.1) is 27.7 Å². The first-order valence-electron chi connectivity index (χ1n) is 12.5. The third-order valence-electron chi connectivity index (χ3n) is 6.26. The Morgan fingerprint density at radius 1 is 0.512 bits per heavy atom. The molecule has 0 heterocycles. The lowest BCUT2D eigenvalue weighted by Crippen LogP contribution is -2.03. The Morgan fingerprint density at radius 2 is 0.977 bits per heavy atom. The summed E-state index contributed by atoms with van der Waals surface area (Å²) >= 11 is 0. The van der Waals surface area contributed by atoms with Gasteiger partial charge in [0.05, 0.1) is 33.3 Å². The molecule has 0 amide bonds. The molecule has 0 spiro atoms. The van der Waals surface area contributed by atoms with Crippen LogP contribution in [0.3, 0.4) is 0 Å². The van der Waals surface area contributed by atoms with E-state index in [0.717, 1.165) is 34.5 Å². The summed E-state index contributed by atoms with van der Waals surface area (Å²) in [5, 5.41) is 25.2. The summed E-state index contributed by atoms with van der Waals surface area (Å²) in [6.45, 7) is 7.44. The summed E-state index contributed by atoms with van der Waals surface area (Å²) in [6, 6.07) is 16.6. The van der Waals surface area contributed by atoms with Crippen molar-refractivity contribution in [2.24, 2.45) is 30.7 Å². The summed E-state index contributed by atoms with van der Waals surface area (Å²) in [6.07, 6.45) is 0. The van der Waals surface area contributed by atoms with E-state index in [1.165, 1.54) is 0 Å². The molecule has 4 aromatic carbocycles. The van der Waals surface area contributed by atoms with Gasteiger partial charge < -0.3 is 5.73 Å². The largest absolute Gasteiger partial charge is 0.399 e. The number of aryl methyl sites for hydroxylation is 4. The van der Waals surface area contributed by atoms with E-state index in [2.05, 4.69) is 30.7 Å². The Labute approximate surface area is 248 Å². The van der Waals surface area contributed by atoms with Gasteiger partial charge in [-0.2, -0.15) is 42.4 Å². The van der Waals surface area contributed by atoms with Crippen LogP contribution in [-0.4, -0.2) is 25.9 Å². The summed E-state index contributed by atoms with van der Waals surface area (Å²) in [5.41, 5.74) is 12.5. The van der Waals surface area contributed by atoms with Crippen LogP contribution in [0.4, 0.5) is 39.8 Å². The zero-order valence-corrected chi connectivity index (χ0v) is 25.1. The Kier molecular flexibility index (Phi) is 8.91. The molecule has 0 fully saturated rings.